The number of nitrogens with one attached hydrogen (secondary N) is 1. The minimum Gasteiger partial charge on any atom is -0.309 e. The molecule has 0 spiro atoms. The molecule has 1 atom stereocenters. The fraction of sp³-hybridized carbons (Fsp3) is 0.357. The summed E-state index contributed by atoms with van der Waals surface area (Å²) in [6.07, 6.45) is -4.36. The van der Waals surface area contributed by atoms with E-state index in [4.69, 9.17) is 0 Å². The van der Waals surface area contributed by atoms with Crippen molar-refractivity contribution < 1.29 is 13.2 Å². The van der Waals surface area contributed by atoms with Crippen LogP contribution in [0, 0.1) is 13.8 Å². The summed E-state index contributed by atoms with van der Waals surface area (Å²) >= 11 is 1.42. The molecular formula is C14H15F3N2S. The molecule has 0 fully saturated rings. The van der Waals surface area contributed by atoms with Crippen molar-refractivity contribution in [3.63, 3.8) is 0 Å². The summed E-state index contributed by atoms with van der Waals surface area (Å²) in [4.78, 5) is 5.12. The molecule has 0 aliphatic carbocycles. The molecule has 6 heteroatoms. The molecule has 2 rings (SSSR count). The monoisotopic (exact) mass is 300 g/mol. The number of aryl methyl sites for hydroxylation is 2. The Hall–Kier alpha value is -1.40. The highest BCUT2D eigenvalue weighted by Gasteiger charge is 2.35. The molecule has 2 nitrogen and oxygen atoms in total. The Morgan fingerprint density at radius 2 is 1.85 bits per heavy atom. The van der Waals surface area contributed by atoms with Gasteiger partial charge in [0.05, 0.1) is 22.3 Å². The first-order chi connectivity index (χ1) is 9.34. The van der Waals surface area contributed by atoms with E-state index < -0.39 is 17.8 Å². The molecule has 108 valence electrons. The van der Waals surface area contributed by atoms with Crippen LogP contribution in [-0.2, 0) is 6.18 Å². The minimum absolute atomic E-state index is 0.231. The Labute approximate surface area is 119 Å². The molecule has 20 heavy (non-hydrogen) atoms. The Balaban J connectivity index is 2.56. The van der Waals surface area contributed by atoms with Gasteiger partial charge in [0.1, 0.15) is 0 Å². The maximum absolute atomic E-state index is 13.1. The van der Waals surface area contributed by atoms with E-state index >= 15 is 0 Å². The Bertz CT molecular complexity index is 605. The Morgan fingerprint density at radius 3 is 2.35 bits per heavy atom. The lowest BCUT2D eigenvalue weighted by molar-refractivity contribution is -0.138. The van der Waals surface area contributed by atoms with Crippen LogP contribution in [0.2, 0.25) is 0 Å². The number of rotatable bonds is 3. The van der Waals surface area contributed by atoms with Gasteiger partial charge in [0, 0.05) is 4.88 Å². The van der Waals surface area contributed by atoms with Crippen molar-refractivity contribution in [3.05, 3.63) is 51.0 Å². The molecular weight excluding hydrogens is 285 g/mol. The van der Waals surface area contributed by atoms with E-state index in [0.29, 0.717) is 0 Å². The van der Waals surface area contributed by atoms with Crippen LogP contribution in [0.25, 0.3) is 0 Å². The van der Waals surface area contributed by atoms with E-state index in [1.807, 2.05) is 13.8 Å². The second kappa shape index (κ2) is 5.54. The Kier molecular flexibility index (Phi) is 4.15. The van der Waals surface area contributed by atoms with Gasteiger partial charge in [0.25, 0.3) is 0 Å². The van der Waals surface area contributed by atoms with Crippen LogP contribution in [0.15, 0.2) is 24.3 Å². The molecule has 2 aromatic rings. The first-order valence-corrected chi connectivity index (χ1v) is 6.93. The lowest BCUT2D eigenvalue weighted by atomic mass is 9.98. The number of nitrogens with zero attached hydrogens (tertiary/aromatic N) is 1. The molecule has 1 heterocycles. The molecule has 0 amide bonds. The third-order valence-electron chi connectivity index (χ3n) is 3.07. The second-order valence-electron chi connectivity index (χ2n) is 4.49. The summed E-state index contributed by atoms with van der Waals surface area (Å²) in [5.74, 6) is 0. The van der Waals surface area contributed by atoms with E-state index in [0.717, 1.165) is 21.6 Å². The predicted octanol–water partition coefficient (Wildman–Crippen LogP) is 4.09. The molecule has 0 bridgehead atoms. The first kappa shape index (κ1) is 15.0. The standard InChI is InChI=1S/C14H15F3N2S/c1-8-13(20-9(2)19-8)12(18-3)10-6-4-5-7-11(10)14(15,16)17/h4-7,12,18H,1-3H3. The molecule has 0 saturated carbocycles. The molecule has 1 aromatic heterocycles. The van der Waals surface area contributed by atoms with Gasteiger partial charge in [-0.1, -0.05) is 18.2 Å². The zero-order chi connectivity index (χ0) is 14.9. The zero-order valence-corrected chi connectivity index (χ0v) is 12.2. The van der Waals surface area contributed by atoms with E-state index in [2.05, 4.69) is 10.3 Å². The zero-order valence-electron chi connectivity index (χ0n) is 11.4. The third kappa shape index (κ3) is 2.86. The number of halogens is 3. The molecule has 1 aromatic carbocycles. The van der Waals surface area contributed by atoms with Crippen LogP contribution >= 0.6 is 11.3 Å². The van der Waals surface area contributed by atoms with Crippen molar-refractivity contribution in [1.82, 2.24) is 10.3 Å². The maximum atomic E-state index is 13.1. The molecule has 1 N–H and O–H groups in total. The van der Waals surface area contributed by atoms with Crippen molar-refractivity contribution in [1.29, 1.82) is 0 Å². The van der Waals surface area contributed by atoms with Crippen molar-refractivity contribution in [2.24, 2.45) is 0 Å². The number of aromatic nitrogens is 1. The SMILES string of the molecule is CNC(c1ccccc1C(F)(F)F)c1sc(C)nc1C. The van der Waals surface area contributed by atoms with Gasteiger partial charge >= 0.3 is 6.18 Å². The van der Waals surface area contributed by atoms with E-state index in [1.165, 1.54) is 23.5 Å². The smallest absolute Gasteiger partial charge is 0.309 e. The molecule has 0 aliphatic rings. The van der Waals surface area contributed by atoms with Gasteiger partial charge in [0.2, 0.25) is 0 Å². The van der Waals surface area contributed by atoms with Crippen LogP contribution in [0.1, 0.15) is 32.7 Å². The van der Waals surface area contributed by atoms with Gasteiger partial charge in [-0.05, 0) is 32.5 Å². The lowest BCUT2D eigenvalue weighted by Crippen LogP contribution is -2.21. The van der Waals surface area contributed by atoms with Gasteiger partial charge in [-0.25, -0.2) is 4.98 Å². The molecule has 1 unspecified atom stereocenters. The molecule has 0 radical (unpaired) electrons. The van der Waals surface area contributed by atoms with Crippen molar-refractivity contribution in [2.45, 2.75) is 26.1 Å². The minimum atomic E-state index is -4.36. The average molecular weight is 300 g/mol. The van der Waals surface area contributed by atoms with Gasteiger partial charge in [0.15, 0.2) is 0 Å². The quantitative estimate of drug-likeness (QED) is 0.923. The van der Waals surface area contributed by atoms with Crippen molar-refractivity contribution in [2.75, 3.05) is 7.05 Å². The number of hydrogen-bond donors (Lipinski definition) is 1. The average Bonchev–Trinajstić information content (AvgIpc) is 2.69. The fourth-order valence-electron chi connectivity index (χ4n) is 2.25. The third-order valence-corrected chi connectivity index (χ3v) is 4.21. The van der Waals surface area contributed by atoms with Crippen LogP contribution < -0.4 is 5.32 Å². The van der Waals surface area contributed by atoms with Crippen molar-refractivity contribution in [3.8, 4) is 0 Å². The van der Waals surface area contributed by atoms with Gasteiger partial charge in [-0.2, -0.15) is 13.2 Å². The number of thiazole rings is 1. The highest BCUT2D eigenvalue weighted by Crippen LogP contribution is 2.38. The summed E-state index contributed by atoms with van der Waals surface area (Å²) in [5.41, 5.74) is 0.392. The number of benzene rings is 1. The second-order valence-corrected chi connectivity index (χ2v) is 5.72. The van der Waals surface area contributed by atoms with Gasteiger partial charge in [-0.3, -0.25) is 0 Å². The summed E-state index contributed by atoms with van der Waals surface area (Å²) < 4.78 is 39.4. The van der Waals surface area contributed by atoms with Crippen LogP contribution in [0.3, 0.4) is 0 Å². The Morgan fingerprint density at radius 1 is 1.20 bits per heavy atom. The van der Waals surface area contributed by atoms with Gasteiger partial charge < -0.3 is 5.32 Å². The van der Waals surface area contributed by atoms with Crippen LogP contribution in [-0.4, -0.2) is 12.0 Å². The largest absolute Gasteiger partial charge is 0.416 e. The topological polar surface area (TPSA) is 24.9 Å². The van der Waals surface area contributed by atoms with Crippen LogP contribution in [0.5, 0.6) is 0 Å². The highest BCUT2D eigenvalue weighted by atomic mass is 32.1. The van der Waals surface area contributed by atoms with Crippen LogP contribution in [0.4, 0.5) is 13.2 Å². The normalized spacial score (nSPS) is 13.5. The van der Waals surface area contributed by atoms with E-state index in [1.54, 1.807) is 13.1 Å². The lowest BCUT2D eigenvalue weighted by Gasteiger charge is -2.20. The summed E-state index contributed by atoms with van der Waals surface area (Å²) in [5, 5.41) is 3.82. The summed E-state index contributed by atoms with van der Waals surface area (Å²) in [7, 11) is 1.66. The number of alkyl halides is 3. The van der Waals surface area contributed by atoms with E-state index in [-0.39, 0.29) is 5.56 Å². The maximum Gasteiger partial charge on any atom is 0.416 e. The molecule has 0 aliphatic heterocycles. The number of hydrogen-bond acceptors (Lipinski definition) is 3. The highest BCUT2D eigenvalue weighted by molar-refractivity contribution is 7.11. The predicted molar refractivity (Wildman–Crippen MR) is 73.9 cm³/mol. The fourth-order valence-corrected chi connectivity index (χ4v) is 3.31. The van der Waals surface area contributed by atoms with E-state index in [9.17, 15) is 13.2 Å². The summed E-state index contributed by atoms with van der Waals surface area (Å²) in [6, 6.07) is 5.16. The summed E-state index contributed by atoms with van der Waals surface area (Å²) in [6.45, 7) is 3.67. The first-order valence-electron chi connectivity index (χ1n) is 6.12. The van der Waals surface area contributed by atoms with Crippen molar-refractivity contribution >= 4 is 11.3 Å². The molecule has 0 saturated heterocycles. The van der Waals surface area contributed by atoms with Gasteiger partial charge in [-0.15, -0.1) is 11.3 Å².